The molecule has 5 N–H and O–H groups in total. The Morgan fingerprint density at radius 3 is 2.40 bits per heavy atom. The van der Waals surface area contributed by atoms with Crippen molar-refractivity contribution in [2.45, 2.75) is 37.8 Å². The zero-order valence-corrected chi connectivity index (χ0v) is 22.8. The van der Waals surface area contributed by atoms with E-state index in [1.54, 1.807) is 35.2 Å². The second kappa shape index (κ2) is 11.5. The lowest BCUT2D eigenvalue weighted by Gasteiger charge is -2.34. The number of nitrogens with one attached hydrogen (secondary N) is 3. The maximum Gasteiger partial charge on any atom is 0.276 e. The molecular weight excluding hydrogens is 504 g/mol. The van der Waals surface area contributed by atoms with Crippen LogP contribution in [0.1, 0.15) is 36.2 Å². The first-order chi connectivity index (χ1) is 19.5. The van der Waals surface area contributed by atoms with Crippen LogP contribution >= 0.6 is 0 Å². The predicted molar refractivity (Wildman–Crippen MR) is 158 cm³/mol. The van der Waals surface area contributed by atoms with Gasteiger partial charge in [-0.1, -0.05) is 0 Å². The van der Waals surface area contributed by atoms with Crippen molar-refractivity contribution in [3.05, 3.63) is 66.7 Å². The second-order valence-electron chi connectivity index (χ2n) is 10.7. The standard InChI is InChI=1S/C29H36N10O/c1-37-14-16-38(17-15-37)24-8-6-21(7-9-24)33-25-18-27(34-22-4-2-20(30)3-5-22)36-39-26(19-32-28(25)39)29(40)35-23-10-12-31-13-11-23/h6-13,18-20,22,33H,2-5,14-17,30H2,1H3,(H,34,36)(H,31,35,40). The first kappa shape index (κ1) is 26.0. The van der Waals surface area contributed by atoms with Crippen LogP contribution < -0.4 is 26.6 Å². The lowest BCUT2D eigenvalue weighted by Crippen LogP contribution is -2.44. The van der Waals surface area contributed by atoms with Gasteiger partial charge in [0, 0.05) is 73.8 Å². The van der Waals surface area contributed by atoms with E-state index in [0.717, 1.165) is 63.2 Å². The van der Waals surface area contributed by atoms with Gasteiger partial charge in [-0.25, -0.2) is 9.50 Å². The number of imidazole rings is 1. The molecule has 4 aromatic rings. The number of piperazine rings is 1. The molecule has 2 aliphatic rings. The van der Waals surface area contributed by atoms with Crippen molar-refractivity contribution in [3.8, 4) is 0 Å². The van der Waals surface area contributed by atoms with E-state index < -0.39 is 0 Å². The first-order valence-electron chi connectivity index (χ1n) is 13.9. The minimum atomic E-state index is -0.297. The summed E-state index contributed by atoms with van der Waals surface area (Å²) in [5.41, 5.74) is 10.6. The van der Waals surface area contributed by atoms with E-state index in [2.05, 4.69) is 67.0 Å². The van der Waals surface area contributed by atoms with Gasteiger partial charge in [0.05, 0.1) is 11.9 Å². The number of benzene rings is 1. The zero-order valence-electron chi connectivity index (χ0n) is 22.8. The zero-order chi connectivity index (χ0) is 27.5. The number of pyridine rings is 1. The Bertz CT molecular complexity index is 1440. The quantitative estimate of drug-likeness (QED) is 0.278. The fourth-order valence-corrected chi connectivity index (χ4v) is 5.36. The Kier molecular flexibility index (Phi) is 7.47. The third kappa shape index (κ3) is 5.85. The number of carbonyl (C=O) groups excluding carboxylic acids is 1. The fraction of sp³-hybridized carbons (Fsp3) is 0.379. The lowest BCUT2D eigenvalue weighted by molar-refractivity contribution is 0.102. The van der Waals surface area contributed by atoms with Crippen LogP contribution in [0.25, 0.3) is 5.65 Å². The van der Waals surface area contributed by atoms with Gasteiger partial charge in [-0.05, 0) is 69.1 Å². The van der Waals surface area contributed by atoms with Crippen LogP contribution in [0.3, 0.4) is 0 Å². The van der Waals surface area contributed by atoms with Crippen LogP contribution in [-0.4, -0.2) is 75.7 Å². The summed E-state index contributed by atoms with van der Waals surface area (Å²) in [4.78, 5) is 26.6. The second-order valence-corrected chi connectivity index (χ2v) is 10.7. The highest BCUT2D eigenvalue weighted by molar-refractivity contribution is 6.03. The highest BCUT2D eigenvalue weighted by atomic mass is 16.2. The number of aromatic nitrogens is 4. The Hall–Kier alpha value is -4.22. The van der Waals surface area contributed by atoms with Crippen molar-refractivity contribution in [3.63, 3.8) is 0 Å². The molecule has 0 atom stereocenters. The molecule has 6 rings (SSSR count). The first-order valence-corrected chi connectivity index (χ1v) is 13.9. The van der Waals surface area contributed by atoms with Gasteiger partial charge in [0.2, 0.25) is 0 Å². The number of amides is 1. The van der Waals surface area contributed by atoms with E-state index in [0.29, 0.717) is 22.8 Å². The van der Waals surface area contributed by atoms with Crippen molar-refractivity contribution in [1.82, 2.24) is 24.5 Å². The number of fused-ring (bicyclic) bond motifs is 1. The Labute approximate surface area is 233 Å². The predicted octanol–water partition coefficient (Wildman–Crippen LogP) is 3.55. The number of carbonyl (C=O) groups is 1. The lowest BCUT2D eigenvalue weighted by atomic mass is 9.92. The monoisotopic (exact) mass is 540 g/mol. The summed E-state index contributed by atoms with van der Waals surface area (Å²) in [6, 6.07) is 14.5. The molecule has 0 unspecified atom stereocenters. The SMILES string of the molecule is CN1CCN(c2ccc(Nc3cc(NC4CCC(N)CC4)nn4c(C(=O)Nc5ccncc5)cnc34)cc2)CC1. The van der Waals surface area contributed by atoms with E-state index in [1.807, 2.05) is 6.07 Å². The van der Waals surface area contributed by atoms with Crippen molar-refractivity contribution < 1.29 is 4.79 Å². The third-order valence-electron chi connectivity index (χ3n) is 7.78. The molecule has 208 valence electrons. The van der Waals surface area contributed by atoms with Crippen molar-refractivity contribution in [2.24, 2.45) is 5.73 Å². The van der Waals surface area contributed by atoms with Crippen LogP contribution in [0.15, 0.2) is 61.1 Å². The van der Waals surface area contributed by atoms with Crippen molar-refractivity contribution in [1.29, 1.82) is 0 Å². The van der Waals surface area contributed by atoms with Gasteiger partial charge >= 0.3 is 0 Å². The molecule has 0 radical (unpaired) electrons. The Balaban J connectivity index is 1.28. The van der Waals surface area contributed by atoms with Gasteiger partial charge in [0.1, 0.15) is 5.82 Å². The summed E-state index contributed by atoms with van der Waals surface area (Å²) in [6.45, 7) is 4.17. The van der Waals surface area contributed by atoms with E-state index >= 15 is 0 Å². The largest absolute Gasteiger partial charge is 0.369 e. The van der Waals surface area contributed by atoms with E-state index in [1.165, 1.54) is 5.69 Å². The summed E-state index contributed by atoms with van der Waals surface area (Å²) < 4.78 is 1.61. The molecule has 4 heterocycles. The number of nitrogens with zero attached hydrogens (tertiary/aromatic N) is 6. The molecule has 3 aromatic heterocycles. The van der Waals surface area contributed by atoms with Gasteiger partial charge in [0.15, 0.2) is 11.3 Å². The topological polar surface area (TPSA) is 129 Å². The molecule has 1 aromatic carbocycles. The van der Waals surface area contributed by atoms with Gasteiger partial charge in [-0.15, -0.1) is 5.10 Å². The molecule has 40 heavy (non-hydrogen) atoms. The van der Waals surface area contributed by atoms with Gasteiger partial charge in [0.25, 0.3) is 5.91 Å². The van der Waals surface area contributed by atoms with Gasteiger partial charge < -0.3 is 31.5 Å². The maximum absolute atomic E-state index is 13.2. The normalized spacial score (nSPS) is 19.9. The van der Waals surface area contributed by atoms with E-state index in [-0.39, 0.29) is 18.0 Å². The van der Waals surface area contributed by atoms with Gasteiger partial charge in [-0.2, -0.15) is 0 Å². The minimum Gasteiger partial charge on any atom is -0.369 e. The summed E-state index contributed by atoms with van der Waals surface area (Å²) in [6.07, 6.45) is 8.76. The molecule has 11 heteroatoms. The molecule has 11 nitrogen and oxygen atoms in total. The average molecular weight is 541 g/mol. The van der Waals surface area contributed by atoms with Crippen LogP contribution in [0.5, 0.6) is 0 Å². The number of anilines is 5. The van der Waals surface area contributed by atoms with Crippen LogP contribution in [0.2, 0.25) is 0 Å². The summed E-state index contributed by atoms with van der Waals surface area (Å²) >= 11 is 0. The smallest absolute Gasteiger partial charge is 0.276 e. The molecule has 0 bridgehead atoms. The number of rotatable bonds is 7. The Morgan fingerprint density at radius 1 is 0.950 bits per heavy atom. The number of hydrogen-bond acceptors (Lipinski definition) is 9. The summed E-state index contributed by atoms with van der Waals surface area (Å²) in [7, 11) is 2.16. The molecule has 1 saturated carbocycles. The number of nitrogens with two attached hydrogens (primary N) is 1. The molecule has 1 aliphatic carbocycles. The van der Waals surface area contributed by atoms with E-state index in [4.69, 9.17) is 10.8 Å². The minimum absolute atomic E-state index is 0.261. The van der Waals surface area contributed by atoms with Crippen LogP contribution in [0, 0.1) is 0 Å². The summed E-state index contributed by atoms with van der Waals surface area (Å²) in [5.74, 6) is 0.384. The van der Waals surface area contributed by atoms with Gasteiger partial charge in [-0.3, -0.25) is 9.78 Å². The Morgan fingerprint density at radius 2 is 1.68 bits per heavy atom. The summed E-state index contributed by atoms with van der Waals surface area (Å²) in [5, 5.41) is 14.8. The highest BCUT2D eigenvalue weighted by Crippen LogP contribution is 2.28. The van der Waals surface area contributed by atoms with Crippen molar-refractivity contribution in [2.75, 3.05) is 54.1 Å². The number of likely N-dealkylation sites (N-methyl/N-ethyl adjacent to an activating group) is 1. The molecule has 1 saturated heterocycles. The fourth-order valence-electron chi connectivity index (χ4n) is 5.36. The molecular formula is C29H36N10O. The molecule has 1 aliphatic heterocycles. The van der Waals surface area contributed by atoms with Crippen molar-refractivity contribution >= 4 is 40.1 Å². The average Bonchev–Trinajstić information content (AvgIpc) is 3.40. The van der Waals surface area contributed by atoms with E-state index in [9.17, 15) is 4.79 Å². The molecule has 0 spiro atoms. The van der Waals surface area contributed by atoms with Crippen LogP contribution in [0.4, 0.5) is 28.6 Å². The maximum atomic E-state index is 13.2. The molecule has 2 fully saturated rings. The molecule has 1 amide bonds. The third-order valence-corrected chi connectivity index (χ3v) is 7.78. The van der Waals surface area contributed by atoms with Crippen LogP contribution in [-0.2, 0) is 0 Å². The highest BCUT2D eigenvalue weighted by Gasteiger charge is 2.22. The number of hydrogen-bond donors (Lipinski definition) is 4.